The lowest BCUT2D eigenvalue weighted by Crippen LogP contribution is -2.39. The van der Waals surface area contributed by atoms with Gasteiger partial charge >= 0.3 is 5.69 Å². The summed E-state index contributed by atoms with van der Waals surface area (Å²) in [5.41, 5.74) is 1.39. The Morgan fingerprint density at radius 2 is 1.81 bits per heavy atom. The highest BCUT2D eigenvalue weighted by Crippen LogP contribution is 2.25. The molecule has 27 heavy (non-hydrogen) atoms. The highest BCUT2D eigenvalue weighted by atomic mass is 19.1. The van der Waals surface area contributed by atoms with Crippen LogP contribution in [0, 0.1) is 5.82 Å². The number of hydrogen-bond acceptors (Lipinski definition) is 5. The van der Waals surface area contributed by atoms with E-state index in [4.69, 9.17) is 0 Å². The van der Waals surface area contributed by atoms with Crippen molar-refractivity contribution in [3.63, 3.8) is 0 Å². The molecule has 1 aliphatic rings. The van der Waals surface area contributed by atoms with Gasteiger partial charge in [0.2, 0.25) is 5.95 Å². The van der Waals surface area contributed by atoms with E-state index in [0.717, 1.165) is 5.56 Å². The Bertz CT molecular complexity index is 1190. The number of aromatic nitrogens is 4. The molecular weight excluding hydrogens is 351 g/mol. The molecule has 0 atom stereocenters. The Balaban J connectivity index is 1.97. The monoisotopic (exact) mass is 370 g/mol. The molecule has 0 fully saturated rings. The number of benzene rings is 1. The van der Waals surface area contributed by atoms with Crippen molar-refractivity contribution in [3.05, 3.63) is 56.5 Å². The fourth-order valence-electron chi connectivity index (χ4n) is 3.36. The standard InChI is InChI=1S/C18H19FN6O2/c1-4-23-16(26)14-15(22(3)18(23)27)20-17-24(14)10-13(21-25(17)5-2)11-6-8-12(19)9-7-11/h6-9H,4-5,10H2,1-3H3. The van der Waals surface area contributed by atoms with E-state index >= 15 is 0 Å². The predicted molar refractivity (Wildman–Crippen MR) is 101 cm³/mol. The van der Waals surface area contributed by atoms with E-state index in [0.29, 0.717) is 35.9 Å². The molecule has 9 heteroatoms. The first kappa shape index (κ1) is 17.2. The van der Waals surface area contributed by atoms with E-state index < -0.39 is 5.69 Å². The predicted octanol–water partition coefficient (Wildman–Crippen LogP) is 1.30. The van der Waals surface area contributed by atoms with Crippen molar-refractivity contribution in [3.8, 4) is 0 Å². The minimum atomic E-state index is -0.395. The molecule has 2 aromatic heterocycles. The molecule has 1 aliphatic heterocycles. The maximum absolute atomic E-state index is 13.3. The van der Waals surface area contributed by atoms with E-state index in [1.165, 1.54) is 21.3 Å². The summed E-state index contributed by atoms with van der Waals surface area (Å²) in [5, 5.41) is 6.29. The van der Waals surface area contributed by atoms with Gasteiger partial charge in [-0.15, -0.1) is 0 Å². The number of imidazole rings is 1. The number of nitrogens with zero attached hydrogens (tertiary/aromatic N) is 6. The van der Waals surface area contributed by atoms with Gasteiger partial charge in [-0.3, -0.25) is 18.5 Å². The summed E-state index contributed by atoms with van der Waals surface area (Å²) in [5.74, 6) is 0.191. The first-order valence-corrected chi connectivity index (χ1v) is 8.77. The zero-order valence-corrected chi connectivity index (χ0v) is 15.3. The topological polar surface area (TPSA) is 77.4 Å². The lowest BCUT2D eigenvalue weighted by atomic mass is 10.1. The van der Waals surface area contributed by atoms with Crippen LogP contribution < -0.4 is 16.3 Å². The second-order valence-corrected chi connectivity index (χ2v) is 6.33. The number of aryl methyl sites for hydroxylation is 1. The quantitative estimate of drug-likeness (QED) is 0.696. The maximum atomic E-state index is 13.3. The number of hydrogen-bond donors (Lipinski definition) is 0. The van der Waals surface area contributed by atoms with Gasteiger partial charge in [0.25, 0.3) is 5.56 Å². The first-order chi connectivity index (χ1) is 13.0. The van der Waals surface area contributed by atoms with Gasteiger partial charge in [-0.2, -0.15) is 10.1 Å². The molecule has 0 amide bonds. The summed E-state index contributed by atoms with van der Waals surface area (Å²) in [6, 6.07) is 6.07. The summed E-state index contributed by atoms with van der Waals surface area (Å²) >= 11 is 0. The molecule has 1 aromatic carbocycles. The lowest BCUT2D eigenvalue weighted by molar-refractivity contribution is 0.627. The van der Waals surface area contributed by atoms with E-state index in [-0.39, 0.29) is 17.9 Å². The fourth-order valence-corrected chi connectivity index (χ4v) is 3.36. The van der Waals surface area contributed by atoms with Crippen LogP contribution in [0.5, 0.6) is 0 Å². The van der Waals surface area contributed by atoms with Crippen LogP contribution in [-0.2, 0) is 20.1 Å². The van der Waals surface area contributed by atoms with Crippen LogP contribution in [0.4, 0.5) is 10.3 Å². The summed E-state index contributed by atoms with van der Waals surface area (Å²) in [6.45, 7) is 4.80. The van der Waals surface area contributed by atoms with Crippen molar-refractivity contribution in [2.24, 2.45) is 12.1 Å². The Labute approximate surface area is 153 Å². The molecule has 0 unspecified atom stereocenters. The third kappa shape index (κ3) is 2.49. The van der Waals surface area contributed by atoms with Gasteiger partial charge in [0.1, 0.15) is 5.82 Å². The molecule has 0 radical (unpaired) electrons. The molecule has 0 N–H and O–H groups in total. The van der Waals surface area contributed by atoms with Crippen LogP contribution in [0.1, 0.15) is 19.4 Å². The minimum Gasteiger partial charge on any atom is -0.297 e. The molecule has 0 aliphatic carbocycles. The van der Waals surface area contributed by atoms with Crippen molar-refractivity contribution in [1.82, 2.24) is 18.7 Å². The number of halogens is 1. The zero-order valence-electron chi connectivity index (χ0n) is 15.3. The van der Waals surface area contributed by atoms with Crippen molar-refractivity contribution in [2.75, 3.05) is 11.6 Å². The molecule has 0 spiro atoms. The number of rotatable bonds is 3. The fraction of sp³-hybridized carbons (Fsp3) is 0.333. The van der Waals surface area contributed by atoms with Crippen molar-refractivity contribution in [1.29, 1.82) is 0 Å². The Morgan fingerprint density at radius 1 is 1.11 bits per heavy atom. The zero-order chi connectivity index (χ0) is 19.3. The van der Waals surface area contributed by atoms with Gasteiger partial charge in [0.05, 0.1) is 12.3 Å². The van der Waals surface area contributed by atoms with Gasteiger partial charge in [0.15, 0.2) is 11.2 Å². The molecule has 140 valence electrons. The van der Waals surface area contributed by atoms with E-state index in [2.05, 4.69) is 10.1 Å². The number of hydrazone groups is 1. The van der Waals surface area contributed by atoms with Gasteiger partial charge in [-0.1, -0.05) is 12.1 Å². The SMILES string of the molecule is CCN1N=C(c2ccc(F)cc2)Cn2c1nc1c2c(=O)n(CC)c(=O)n1C. The van der Waals surface area contributed by atoms with Gasteiger partial charge in [0, 0.05) is 20.1 Å². The normalized spacial score (nSPS) is 13.8. The molecule has 0 saturated heterocycles. The van der Waals surface area contributed by atoms with Gasteiger partial charge in [-0.05, 0) is 31.5 Å². The number of anilines is 1. The third-order valence-corrected chi connectivity index (χ3v) is 4.79. The van der Waals surface area contributed by atoms with Crippen molar-refractivity contribution in [2.45, 2.75) is 26.9 Å². The van der Waals surface area contributed by atoms with Gasteiger partial charge in [-0.25, -0.2) is 14.2 Å². The first-order valence-electron chi connectivity index (χ1n) is 8.77. The smallest absolute Gasteiger partial charge is 0.297 e. The van der Waals surface area contributed by atoms with Crippen molar-refractivity contribution < 1.29 is 4.39 Å². The van der Waals surface area contributed by atoms with Crippen LogP contribution >= 0.6 is 0 Å². The van der Waals surface area contributed by atoms with Crippen LogP contribution in [-0.4, -0.2) is 30.9 Å². The molecule has 3 heterocycles. The van der Waals surface area contributed by atoms with Crippen LogP contribution in [0.3, 0.4) is 0 Å². The Hall–Kier alpha value is -3.23. The summed E-state index contributed by atoms with van der Waals surface area (Å²) < 4.78 is 17.6. The highest BCUT2D eigenvalue weighted by molar-refractivity contribution is 6.02. The van der Waals surface area contributed by atoms with E-state index in [1.807, 2.05) is 6.92 Å². The van der Waals surface area contributed by atoms with E-state index in [9.17, 15) is 14.0 Å². The van der Waals surface area contributed by atoms with Gasteiger partial charge < -0.3 is 0 Å². The summed E-state index contributed by atoms with van der Waals surface area (Å²) in [7, 11) is 1.60. The average Bonchev–Trinajstić information content (AvgIpc) is 3.06. The summed E-state index contributed by atoms with van der Waals surface area (Å²) in [4.78, 5) is 29.9. The molecule has 3 aromatic rings. The molecule has 0 saturated carbocycles. The van der Waals surface area contributed by atoms with Crippen molar-refractivity contribution >= 4 is 22.8 Å². The lowest BCUT2D eigenvalue weighted by Gasteiger charge is -2.25. The Kier molecular flexibility index (Phi) is 3.94. The second kappa shape index (κ2) is 6.19. The third-order valence-electron chi connectivity index (χ3n) is 4.79. The molecular formula is C18H19FN6O2. The average molecular weight is 370 g/mol. The molecule has 4 rings (SSSR count). The minimum absolute atomic E-state index is 0.276. The maximum Gasteiger partial charge on any atom is 0.332 e. The second-order valence-electron chi connectivity index (χ2n) is 6.33. The Morgan fingerprint density at radius 3 is 2.44 bits per heavy atom. The van der Waals surface area contributed by atoms with E-state index in [1.54, 1.807) is 35.7 Å². The van der Waals surface area contributed by atoms with Crippen LogP contribution in [0.15, 0.2) is 39.0 Å². The van der Waals surface area contributed by atoms with Crippen LogP contribution in [0.25, 0.3) is 11.2 Å². The summed E-state index contributed by atoms with van der Waals surface area (Å²) in [6.07, 6.45) is 0. The molecule has 0 bridgehead atoms. The largest absolute Gasteiger partial charge is 0.332 e. The molecule has 8 nitrogen and oxygen atoms in total. The number of fused-ring (bicyclic) bond motifs is 3. The van der Waals surface area contributed by atoms with Crippen LogP contribution in [0.2, 0.25) is 0 Å². The highest BCUT2D eigenvalue weighted by Gasteiger charge is 2.27.